The molecule has 20 heavy (non-hydrogen) atoms. The van der Waals surface area contributed by atoms with E-state index in [1.807, 2.05) is 19.1 Å². The summed E-state index contributed by atoms with van der Waals surface area (Å²) in [6, 6.07) is 13.6. The second-order valence-electron chi connectivity index (χ2n) is 4.72. The Morgan fingerprint density at radius 2 is 1.80 bits per heavy atom. The summed E-state index contributed by atoms with van der Waals surface area (Å²) < 4.78 is 12.9. The number of hydrogen-bond donors (Lipinski definition) is 2. The minimum atomic E-state index is -0.674. The predicted octanol–water partition coefficient (Wildman–Crippen LogP) is 3.86. The largest absolute Gasteiger partial charge is 0.387 e. The van der Waals surface area contributed by atoms with Gasteiger partial charge in [-0.25, -0.2) is 4.39 Å². The van der Waals surface area contributed by atoms with Crippen LogP contribution < -0.4 is 5.32 Å². The van der Waals surface area contributed by atoms with Gasteiger partial charge in [0.25, 0.3) is 0 Å². The summed E-state index contributed by atoms with van der Waals surface area (Å²) >= 11 is 6.04. The van der Waals surface area contributed by atoms with E-state index in [4.69, 9.17) is 11.6 Å². The molecule has 0 spiro atoms. The predicted molar refractivity (Wildman–Crippen MR) is 79.2 cm³/mol. The van der Waals surface area contributed by atoms with Gasteiger partial charge in [0, 0.05) is 23.2 Å². The summed E-state index contributed by atoms with van der Waals surface area (Å²) in [7, 11) is 0. The molecule has 106 valence electrons. The average Bonchev–Trinajstić information content (AvgIpc) is 2.45. The number of benzene rings is 2. The van der Waals surface area contributed by atoms with Crippen molar-refractivity contribution in [2.75, 3.05) is 6.54 Å². The van der Waals surface area contributed by atoms with E-state index in [-0.39, 0.29) is 11.9 Å². The maximum atomic E-state index is 12.9. The Balaban J connectivity index is 1.95. The zero-order valence-electron chi connectivity index (χ0n) is 11.2. The molecule has 0 aliphatic carbocycles. The molecule has 0 radical (unpaired) electrons. The topological polar surface area (TPSA) is 32.3 Å². The highest BCUT2D eigenvalue weighted by atomic mass is 35.5. The maximum absolute atomic E-state index is 12.9. The van der Waals surface area contributed by atoms with E-state index >= 15 is 0 Å². The summed E-state index contributed by atoms with van der Waals surface area (Å²) in [5, 5.41) is 13.9. The van der Waals surface area contributed by atoms with E-state index in [9.17, 15) is 9.50 Å². The molecule has 0 bridgehead atoms. The van der Waals surface area contributed by atoms with Crippen LogP contribution in [-0.2, 0) is 0 Å². The molecule has 4 heteroatoms. The van der Waals surface area contributed by atoms with E-state index in [0.29, 0.717) is 17.1 Å². The normalized spacial score (nSPS) is 14.0. The van der Waals surface area contributed by atoms with Crippen LogP contribution in [-0.4, -0.2) is 11.7 Å². The molecule has 0 saturated heterocycles. The molecule has 2 atom stereocenters. The Hall–Kier alpha value is -1.42. The lowest BCUT2D eigenvalue weighted by Crippen LogP contribution is -2.24. The number of aliphatic hydroxyl groups excluding tert-OH is 1. The van der Waals surface area contributed by atoms with Crippen molar-refractivity contribution in [3.8, 4) is 0 Å². The lowest BCUT2D eigenvalue weighted by atomic mass is 10.1. The zero-order valence-corrected chi connectivity index (χ0v) is 11.9. The van der Waals surface area contributed by atoms with E-state index in [1.54, 1.807) is 24.3 Å². The fraction of sp³-hybridized carbons (Fsp3) is 0.250. The third-order valence-electron chi connectivity index (χ3n) is 3.25. The maximum Gasteiger partial charge on any atom is 0.123 e. The minimum Gasteiger partial charge on any atom is -0.387 e. The zero-order chi connectivity index (χ0) is 14.5. The van der Waals surface area contributed by atoms with Gasteiger partial charge in [0.15, 0.2) is 0 Å². The second-order valence-corrected chi connectivity index (χ2v) is 5.13. The molecule has 2 aromatic rings. The van der Waals surface area contributed by atoms with Crippen molar-refractivity contribution in [3.63, 3.8) is 0 Å². The summed E-state index contributed by atoms with van der Waals surface area (Å²) in [6.45, 7) is 2.34. The standard InChI is InChI=1S/C16H17ClFNO/c1-11(12-6-8-13(18)9-7-12)19-10-16(20)14-4-2-3-5-15(14)17/h2-9,11,16,19-20H,10H2,1H3. The molecule has 2 aromatic carbocycles. The van der Waals surface area contributed by atoms with Gasteiger partial charge in [0.05, 0.1) is 6.10 Å². The van der Waals surface area contributed by atoms with Crippen LogP contribution in [0.15, 0.2) is 48.5 Å². The fourth-order valence-corrected chi connectivity index (χ4v) is 2.27. The Morgan fingerprint density at radius 3 is 2.45 bits per heavy atom. The quantitative estimate of drug-likeness (QED) is 0.877. The molecular formula is C16H17ClFNO. The number of rotatable bonds is 5. The molecule has 0 amide bonds. The highest BCUT2D eigenvalue weighted by molar-refractivity contribution is 6.31. The first-order valence-corrected chi connectivity index (χ1v) is 6.87. The average molecular weight is 294 g/mol. The molecule has 0 aliphatic heterocycles. The van der Waals surface area contributed by atoms with Crippen LogP contribution in [0.3, 0.4) is 0 Å². The van der Waals surface area contributed by atoms with Gasteiger partial charge in [0.1, 0.15) is 5.82 Å². The lowest BCUT2D eigenvalue weighted by molar-refractivity contribution is 0.171. The van der Waals surface area contributed by atoms with Crippen molar-refractivity contribution < 1.29 is 9.50 Å². The van der Waals surface area contributed by atoms with E-state index in [2.05, 4.69) is 5.32 Å². The van der Waals surface area contributed by atoms with Gasteiger partial charge < -0.3 is 10.4 Å². The highest BCUT2D eigenvalue weighted by Crippen LogP contribution is 2.22. The number of aliphatic hydroxyl groups is 1. The molecule has 0 fully saturated rings. The molecule has 2 unspecified atom stereocenters. The Labute approximate surface area is 123 Å². The summed E-state index contributed by atoms with van der Waals surface area (Å²) in [6.07, 6.45) is -0.674. The smallest absolute Gasteiger partial charge is 0.123 e. The molecule has 2 N–H and O–H groups in total. The van der Waals surface area contributed by atoms with Crippen molar-refractivity contribution >= 4 is 11.6 Å². The highest BCUT2D eigenvalue weighted by Gasteiger charge is 2.13. The van der Waals surface area contributed by atoms with Crippen LogP contribution in [0.5, 0.6) is 0 Å². The first-order chi connectivity index (χ1) is 9.58. The number of nitrogens with one attached hydrogen (secondary N) is 1. The van der Waals surface area contributed by atoms with Crippen molar-refractivity contribution in [3.05, 3.63) is 70.5 Å². The van der Waals surface area contributed by atoms with Crippen molar-refractivity contribution in [1.82, 2.24) is 5.32 Å². The first kappa shape index (κ1) is 15.0. The van der Waals surface area contributed by atoms with Gasteiger partial charge in [-0.1, -0.05) is 41.9 Å². The van der Waals surface area contributed by atoms with Crippen molar-refractivity contribution in [2.24, 2.45) is 0 Å². The van der Waals surface area contributed by atoms with Crippen LogP contribution >= 0.6 is 11.6 Å². The monoisotopic (exact) mass is 293 g/mol. The van der Waals surface area contributed by atoms with Gasteiger partial charge in [-0.05, 0) is 30.7 Å². The van der Waals surface area contributed by atoms with Gasteiger partial charge in [-0.2, -0.15) is 0 Å². The lowest BCUT2D eigenvalue weighted by Gasteiger charge is -2.18. The van der Waals surface area contributed by atoms with Crippen LogP contribution in [0.25, 0.3) is 0 Å². The number of halogens is 2. The van der Waals surface area contributed by atoms with E-state index in [1.165, 1.54) is 12.1 Å². The second kappa shape index (κ2) is 6.84. The van der Waals surface area contributed by atoms with Gasteiger partial charge >= 0.3 is 0 Å². The molecule has 0 aliphatic rings. The van der Waals surface area contributed by atoms with Crippen molar-refractivity contribution in [1.29, 1.82) is 0 Å². The van der Waals surface area contributed by atoms with Gasteiger partial charge in [-0.3, -0.25) is 0 Å². The summed E-state index contributed by atoms with van der Waals surface area (Å²) in [5.74, 6) is -0.253. The Bertz CT molecular complexity index is 559. The van der Waals surface area contributed by atoms with Crippen LogP contribution in [0.4, 0.5) is 4.39 Å². The van der Waals surface area contributed by atoms with Crippen LogP contribution in [0.1, 0.15) is 30.2 Å². The molecule has 0 saturated carbocycles. The third-order valence-corrected chi connectivity index (χ3v) is 3.60. The minimum absolute atomic E-state index is 0.0211. The van der Waals surface area contributed by atoms with Crippen LogP contribution in [0, 0.1) is 5.82 Å². The molecule has 2 nitrogen and oxygen atoms in total. The van der Waals surface area contributed by atoms with E-state index < -0.39 is 6.10 Å². The van der Waals surface area contributed by atoms with Crippen molar-refractivity contribution in [2.45, 2.75) is 19.1 Å². The summed E-state index contributed by atoms with van der Waals surface area (Å²) in [4.78, 5) is 0. The number of hydrogen-bond acceptors (Lipinski definition) is 2. The molecule has 0 aromatic heterocycles. The fourth-order valence-electron chi connectivity index (χ4n) is 2.01. The summed E-state index contributed by atoms with van der Waals surface area (Å²) in [5.41, 5.74) is 1.67. The molecule has 0 heterocycles. The molecular weight excluding hydrogens is 277 g/mol. The van der Waals surface area contributed by atoms with Gasteiger partial charge in [-0.15, -0.1) is 0 Å². The Kier molecular flexibility index (Phi) is 5.12. The Morgan fingerprint density at radius 1 is 1.15 bits per heavy atom. The van der Waals surface area contributed by atoms with E-state index in [0.717, 1.165) is 5.56 Å². The third kappa shape index (κ3) is 3.79. The first-order valence-electron chi connectivity index (χ1n) is 6.49. The van der Waals surface area contributed by atoms with Gasteiger partial charge in [0.2, 0.25) is 0 Å². The SMILES string of the molecule is CC(NCC(O)c1ccccc1Cl)c1ccc(F)cc1. The molecule has 2 rings (SSSR count). The van der Waals surface area contributed by atoms with Crippen LogP contribution in [0.2, 0.25) is 5.02 Å².